The van der Waals surface area contributed by atoms with Gasteiger partial charge in [-0.15, -0.1) is 0 Å². The maximum Gasteiger partial charge on any atom is 0.258 e. The molecule has 31 heavy (non-hydrogen) atoms. The van der Waals surface area contributed by atoms with Crippen LogP contribution in [0.5, 0.6) is 0 Å². The summed E-state index contributed by atoms with van der Waals surface area (Å²) in [7, 11) is -3.62. The number of carbonyl (C=O) groups is 1. The minimum atomic E-state index is -3.62. The van der Waals surface area contributed by atoms with Gasteiger partial charge in [-0.05, 0) is 66.8 Å². The Kier molecular flexibility index (Phi) is 4.91. The van der Waals surface area contributed by atoms with Crippen molar-refractivity contribution in [1.82, 2.24) is 4.31 Å². The fourth-order valence-electron chi connectivity index (χ4n) is 4.61. The third-order valence-electron chi connectivity index (χ3n) is 6.26. The average molecular weight is 433 g/mol. The van der Waals surface area contributed by atoms with E-state index < -0.39 is 10.0 Å². The van der Waals surface area contributed by atoms with Crippen LogP contribution < -0.4 is 4.90 Å². The molecule has 6 heteroatoms. The number of sulfonamides is 1. The third-order valence-corrected chi connectivity index (χ3v) is 8.12. The summed E-state index contributed by atoms with van der Waals surface area (Å²) in [6.07, 6.45) is 1.53. The third kappa shape index (κ3) is 3.46. The molecule has 0 saturated carbocycles. The molecule has 0 N–H and O–H groups in total. The second-order valence-corrected chi connectivity index (χ2v) is 10.2. The summed E-state index contributed by atoms with van der Waals surface area (Å²) in [5.74, 6) is -0.103. The molecule has 0 aliphatic carbocycles. The van der Waals surface area contributed by atoms with Gasteiger partial charge in [0, 0.05) is 30.4 Å². The van der Waals surface area contributed by atoms with Crippen LogP contribution in [0.25, 0.3) is 0 Å². The molecule has 0 unspecified atom stereocenters. The zero-order valence-electron chi connectivity index (χ0n) is 17.4. The second-order valence-electron chi connectivity index (χ2n) is 8.24. The Morgan fingerprint density at radius 3 is 2.26 bits per heavy atom. The fourth-order valence-corrected chi connectivity index (χ4v) is 6.03. The van der Waals surface area contributed by atoms with Gasteiger partial charge in [0.15, 0.2) is 0 Å². The van der Waals surface area contributed by atoms with Crippen molar-refractivity contribution in [3.05, 3.63) is 95.1 Å². The summed E-state index contributed by atoms with van der Waals surface area (Å²) < 4.78 is 27.9. The number of hydrogen-bond donors (Lipinski definition) is 0. The van der Waals surface area contributed by atoms with Crippen LogP contribution in [0.4, 0.5) is 5.69 Å². The molecule has 2 heterocycles. The lowest BCUT2D eigenvalue weighted by Gasteiger charge is -2.28. The van der Waals surface area contributed by atoms with E-state index in [1.807, 2.05) is 49.4 Å². The molecule has 0 saturated heterocycles. The molecule has 1 atom stereocenters. The van der Waals surface area contributed by atoms with E-state index >= 15 is 0 Å². The van der Waals surface area contributed by atoms with Gasteiger partial charge in [0.25, 0.3) is 5.91 Å². The molecule has 0 bridgehead atoms. The first-order valence-corrected chi connectivity index (χ1v) is 12.0. The van der Waals surface area contributed by atoms with Crippen molar-refractivity contribution in [3.63, 3.8) is 0 Å². The molecule has 2 aliphatic heterocycles. The topological polar surface area (TPSA) is 57.7 Å². The lowest BCUT2D eigenvalue weighted by molar-refractivity contribution is 0.0981. The Balaban J connectivity index is 1.38. The molecule has 5 nitrogen and oxygen atoms in total. The minimum absolute atomic E-state index is 0.0710. The molecule has 5 rings (SSSR count). The highest BCUT2D eigenvalue weighted by atomic mass is 32.2. The summed E-state index contributed by atoms with van der Waals surface area (Å²) in [6.45, 7) is 2.87. The predicted octanol–water partition coefficient (Wildman–Crippen LogP) is 4.03. The molecular weight excluding hydrogens is 408 g/mol. The molecule has 2 aliphatic rings. The van der Waals surface area contributed by atoms with E-state index in [9.17, 15) is 13.2 Å². The minimum Gasteiger partial charge on any atom is -0.305 e. The summed E-state index contributed by atoms with van der Waals surface area (Å²) in [5.41, 5.74) is 4.84. The SMILES string of the molecule is C[C@@H]1Cc2ccccc2N1C(=O)c1ccc(S(=O)(=O)N2CCc3ccccc3C2)cc1. The number of carbonyl (C=O) groups excluding carboxylic acids is 1. The number of nitrogens with zero attached hydrogens (tertiary/aromatic N) is 2. The van der Waals surface area contributed by atoms with Gasteiger partial charge < -0.3 is 4.90 Å². The quantitative estimate of drug-likeness (QED) is 0.628. The van der Waals surface area contributed by atoms with Crippen molar-refractivity contribution in [3.8, 4) is 0 Å². The highest BCUT2D eigenvalue weighted by molar-refractivity contribution is 7.89. The van der Waals surface area contributed by atoms with E-state index in [1.165, 1.54) is 9.87 Å². The standard InChI is InChI=1S/C25H24N2O3S/c1-18-16-21-7-4-5-9-24(21)27(18)25(28)20-10-12-23(13-11-20)31(29,30)26-15-14-19-6-2-3-8-22(19)17-26/h2-13,18H,14-17H2,1H3/t18-/m1/s1. The lowest BCUT2D eigenvalue weighted by Crippen LogP contribution is -2.36. The summed E-state index contributed by atoms with van der Waals surface area (Å²) in [4.78, 5) is 15.2. The van der Waals surface area contributed by atoms with Crippen molar-refractivity contribution in [2.24, 2.45) is 0 Å². The van der Waals surface area contributed by atoms with Crippen molar-refractivity contribution >= 4 is 21.6 Å². The Bertz CT molecular complexity index is 1250. The van der Waals surface area contributed by atoms with E-state index in [0.29, 0.717) is 25.1 Å². The van der Waals surface area contributed by atoms with Crippen LogP contribution in [-0.4, -0.2) is 31.2 Å². The van der Waals surface area contributed by atoms with Gasteiger partial charge in [-0.3, -0.25) is 4.79 Å². The first-order valence-electron chi connectivity index (χ1n) is 10.5. The van der Waals surface area contributed by atoms with Crippen LogP contribution in [0.15, 0.2) is 77.7 Å². The first kappa shape index (κ1) is 20.0. The maximum atomic E-state index is 13.2. The van der Waals surface area contributed by atoms with E-state index in [4.69, 9.17) is 0 Å². The smallest absolute Gasteiger partial charge is 0.258 e. The normalized spacial score (nSPS) is 18.5. The van der Waals surface area contributed by atoms with Gasteiger partial charge in [-0.2, -0.15) is 4.31 Å². The van der Waals surface area contributed by atoms with Gasteiger partial charge in [0.1, 0.15) is 0 Å². The van der Waals surface area contributed by atoms with Crippen LogP contribution in [0.3, 0.4) is 0 Å². The van der Waals surface area contributed by atoms with E-state index in [-0.39, 0.29) is 16.8 Å². The van der Waals surface area contributed by atoms with Crippen molar-refractivity contribution in [2.75, 3.05) is 11.4 Å². The van der Waals surface area contributed by atoms with E-state index in [0.717, 1.165) is 23.2 Å². The number of anilines is 1. The van der Waals surface area contributed by atoms with Crippen LogP contribution >= 0.6 is 0 Å². The van der Waals surface area contributed by atoms with Crippen LogP contribution in [0.1, 0.15) is 34.0 Å². The zero-order valence-corrected chi connectivity index (χ0v) is 18.2. The Hall–Kier alpha value is -2.96. The van der Waals surface area contributed by atoms with E-state index in [1.54, 1.807) is 29.2 Å². The molecule has 3 aromatic rings. The van der Waals surface area contributed by atoms with Gasteiger partial charge in [0.05, 0.1) is 4.90 Å². The van der Waals surface area contributed by atoms with Gasteiger partial charge in [-0.1, -0.05) is 42.5 Å². The van der Waals surface area contributed by atoms with Gasteiger partial charge >= 0.3 is 0 Å². The largest absolute Gasteiger partial charge is 0.305 e. The molecular formula is C25H24N2O3S. The van der Waals surface area contributed by atoms with Crippen LogP contribution in [0, 0.1) is 0 Å². The van der Waals surface area contributed by atoms with Crippen LogP contribution in [-0.2, 0) is 29.4 Å². The van der Waals surface area contributed by atoms with E-state index in [2.05, 4.69) is 6.07 Å². The number of amides is 1. The molecule has 0 spiro atoms. The summed E-state index contributed by atoms with van der Waals surface area (Å²) in [5, 5.41) is 0. The summed E-state index contributed by atoms with van der Waals surface area (Å²) >= 11 is 0. The molecule has 0 radical (unpaired) electrons. The predicted molar refractivity (Wildman–Crippen MR) is 121 cm³/mol. The van der Waals surface area contributed by atoms with Crippen molar-refractivity contribution in [2.45, 2.75) is 37.2 Å². The number of benzene rings is 3. The molecule has 0 fully saturated rings. The molecule has 158 valence electrons. The Labute approximate surface area is 183 Å². The summed E-state index contributed by atoms with van der Waals surface area (Å²) in [6, 6.07) is 22.3. The van der Waals surface area contributed by atoms with Gasteiger partial charge in [0.2, 0.25) is 10.0 Å². The van der Waals surface area contributed by atoms with Gasteiger partial charge in [-0.25, -0.2) is 8.42 Å². The zero-order chi connectivity index (χ0) is 21.6. The molecule has 1 amide bonds. The monoisotopic (exact) mass is 432 g/mol. The Morgan fingerprint density at radius 1 is 0.871 bits per heavy atom. The maximum absolute atomic E-state index is 13.2. The second kappa shape index (κ2) is 7.62. The fraction of sp³-hybridized carbons (Fsp3) is 0.240. The number of fused-ring (bicyclic) bond motifs is 2. The number of hydrogen-bond acceptors (Lipinski definition) is 3. The number of rotatable bonds is 3. The van der Waals surface area contributed by atoms with Crippen LogP contribution in [0.2, 0.25) is 0 Å². The van der Waals surface area contributed by atoms with Crippen molar-refractivity contribution < 1.29 is 13.2 Å². The highest BCUT2D eigenvalue weighted by Crippen LogP contribution is 2.33. The number of para-hydroxylation sites is 1. The average Bonchev–Trinajstić information content (AvgIpc) is 3.14. The molecule has 3 aromatic carbocycles. The molecule has 0 aromatic heterocycles. The Morgan fingerprint density at radius 2 is 1.52 bits per heavy atom. The van der Waals surface area contributed by atoms with Crippen molar-refractivity contribution in [1.29, 1.82) is 0 Å². The highest BCUT2D eigenvalue weighted by Gasteiger charge is 2.32. The first-order chi connectivity index (χ1) is 14.9. The lowest BCUT2D eigenvalue weighted by atomic mass is 10.0.